The molecule has 20 nitrogen and oxygen atoms in total. The van der Waals surface area contributed by atoms with E-state index in [4.69, 9.17) is 27.9 Å². The van der Waals surface area contributed by atoms with Crippen LogP contribution in [0.5, 0.6) is 11.5 Å². The number of carboxylic acids is 2. The van der Waals surface area contributed by atoms with E-state index in [1.807, 2.05) is 5.43 Å². The first-order valence-corrected chi connectivity index (χ1v) is 17.0. The molecular weight excluding hydrogens is 746 g/mol. The first kappa shape index (κ1) is 37.8. The van der Waals surface area contributed by atoms with E-state index in [0.29, 0.717) is 0 Å². The van der Waals surface area contributed by atoms with Crippen LogP contribution in [0, 0.1) is 0 Å². The number of hydrazone groups is 1. The summed E-state index contributed by atoms with van der Waals surface area (Å²) in [6, 6.07) is -0.119. The van der Waals surface area contributed by atoms with E-state index in [1.165, 1.54) is 24.1 Å². The molecule has 2 aliphatic heterocycles. The Labute approximate surface area is 298 Å². The molecular formula is C26H28ClN9O11S3. The zero-order valence-electron chi connectivity index (χ0n) is 25.7. The number of phenolic OH excluding ortho intramolecular Hbond substituents is 2. The lowest BCUT2D eigenvalue weighted by Crippen LogP contribution is -2.68. The van der Waals surface area contributed by atoms with Gasteiger partial charge in [-0.3, -0.25) is 14.4 Å². The lowest BCUT2D eigenvalue weighted by molar-refractivity contribution is -0.161. The van der Waals surface area contributed by atoms with Gasteiger partial charge in [0.05, 0.1) is 11.6 Å². The number of thioether (sulfide) groups is 2. The molecule has 2 fully saturated rings. The van der Waals surface area contributed by atoms with Crippen LogP contribution in [0.25, 0.3) is 0 Å². The molecule has 11 N–H and O–H groups in total. The Morgan fingerprint density at radius 1 is 1.20 bits per heavy atom. The van der Waals surface area contributed by atoms with Gasteiger partial charge in [-0.1, -0.05) is 16.8 Å². The number of aromatic hydroxyl groups is 2. The summed E-state index contributed by atoms with van der Waals surface area (Å²) < 4.78 is -1.62. The van der Waals surface area contributed by atoms with Gasteiger partial charge < -0.3 is 52.3 Å². The smallest absolute Gasteiger partial charge is 0.350 e. The minimum Gasteiger partial charge on any atom is -0.504 e. The first-order valence-electron chi connectivity index (χ1n) is 13.9. The summed E-state index contributed by atoms with van der Waals surface area (Å²) in [6.45, 7) is 1.99. The number of nitrogen functional groups attached to an aromatic ring is 1. The third-order valence-electron chi connectivity index (χ3n) is 6.87. The molecule has 0 bridgehead atoms. The predicted molar refractivity (Wildman–Crippen MR) is 181 cm³/mol. The monoisotopic (exact) mass is 773 g/mol. The number of carboxylic acid groups (broad SMARTS) is 2. The summed E-state index contributed by atoms with van der Waals surface area (Å²) in [5, 5.41) is 51.6. The molecule has 2 aliphatic rings. The second-order valence-corrected chi connectivity index (χ2v) is 15.1. The van der Waals surface area contributed by atoms with Crippen LogP contribution in [0.2, 0.25) is 5.02 Å². The number of halogens is 1. The normalized spacial score (nSPS) is 20.4. The molecule has 4 rings (SSSR count). The van der Waals surface area contributed by atoms with E-state index in [0.717, 1.165) is 47.0 Å². The van der Waals surface area contributed by atoms with E-state index in [2.05, 4.69) is 25.9 Å². The molecule has 1 aromatic heterocycles. The number of benzene rings is 1. The number of rotatable bonds is 14. The number of nitrogens with zero attached hydrogens (tertiary/aromatic N) is 4. The Bertz CT molecular complexity index is 1820. The first-order chi connectivity index (χ1) is 23.4. The SMILES string of the molecule is CC(C)(O/N=C(\C(=O)NC1C(=O)N2C[C@](SCCNC(=O)/C(=N/NC(N)=O)c3ccc(O)c(O)c3Cl)(C(=O)O)S[C@H]12)c1csc(N)n1)C(=O)O. The highest BCUT2D eigenvalue weighted by molar-refractivity contribution is 8.20. The zero-order valence-corrected chi connectivity index (χ0v) is 28.9. The van der Waals surface area contributed by atoms with Crippen molar-refractivity contribution >= 4 is 98.7 Å². The van der Waals surface area contributed by atoms with Crippen molar-refractivity contribution in [1.82, 2.24) is 25.9 Å². The number of aromatic nitrogens is 1. The average Bonchev–Trinajstić information content (AvgIpc) is 3.64. The van der Waals surface area contributed by atoms with Crippen molar-refractivity contribution in [2.45, 2.75) is 34.9 Å². The van der Waals surface area contributed by atoms with Crippen LogP contribution in [-0.2, 0) is 28.8 Å². The quantitative estimate of drug-likeness (QED) is 0.0383. The van der Waals surface area contributed by atoms with Crippen LogP contribution < -0.4 is 27.5 Å². The van der Waals surface area contributed by atoms with Gasteiger partial charge in [0.15, 0.2) is 32.1 Å². The number of β-lactam (4-membered cyclic amide) rings is 1. The van der Waals surface area contributed by atoms with E-state index >= 15 is 0 Å². The number of oxime groups is 1. The fourth-order valence-electron chi connectivity index (χ4n) is 4.23. The summed E-state index contributed by atoms with van der Waals surface area (Å²) in [5.41, 5.74) is 9.59. The van der Waals surface area contributed by atoms with Gasteiger partial charge in [0.1, 0.15) is 17.1 Å². The molecule has 1 aromatic carbocycles. The Hall–Kier alpha value is -5.00. The van der Waals surface area contributed by atoms with Crippen LogP contribution in [0.1, 0.15) is 25.1 Å². The van der Waals surface area contributed by atoms with Gasteiger partial charge in [0, 0.05) is 23.2 Å². The molecule has 0 radical (unpaired) electrons. The Kier molecular flexibility index (Phi) is 11.2. The number of urea groups is 1. The third kappa shape index (κ3) is 7.90. The second kappa shape index (κ2) is 14.9. The van der Waals surface area contributed by atoms with Crippen LogP contribution in [-0.4, -0.2) is 117 Å². The van der Waals surface area contributed by atoms with Crippen LogP contribution in [0.15, 0.2) is 27.8 Å². The van der Waals surface area contributed by atoms with E-state index in [1.54, 1.807) is 0 Å². The number of primary amides is 1. The number of carbonyl (C=O) groups is 6. The lowest BCUT2D eigenvalue weighted by atomic mass is 10.1. The highest BCUT2D eigenvalue weighted by Crippen LogP contribution is 2.52. The number of hydrogen-bond acceptors (Lipinski definition) is 16. The largest absolute Gasteiger partial charge is 0.504 e. The van der Waals surface area contributed by atoms with Crippen molar-refractivity contribution in [3.05, 3.63) is 33.8 Å². The highest BCUT2D eigenvalue weighted by Gasteiger charge is 2.62. The van der Waals surface area contributed by atoms with Gasteiger partial charge >= 0.3 is 18.0 Å². The molecule has 3 heterocycles. The number of thiazole rings is 1. The maximum atomic E-state index is 13.3. The van der Waals surface area contributed by atoms with Gasteiger partial charge in [0.2, 0.25) is 11.5 Å². The van der Waals surface area contributed by atoms with E-state index < -0.39 is 84.7 Å². The Balaban J connectivity index is 1.43. The number of carbonyl (C=O) groups excluding carboxylic acids is 4. The number of anilines is 1. The van der Waals surface area contributed by atoms with Crippen LogP contribution in [0.4, 0.5) is 9.93 Å². The Morgan fingerprint density at radius 3 is 2.50 bits per heavy atom. The molecule has 0 spiro atoms. The van der Waals surface area contributed by atoms with Crippen molar-refractivity contribution < 1.29 is 54.0 Å². The van der Waals surface area contributed by atoms with Gasteiger partial charge in [-0.15, -0.1) is 34.9 Å². The summed E-state index contributed by atoms with van der Waals surface area (Å²) in [5.74, 6) is -6.45. The Morgan fingerprint density at radius 2 is 1.90 bits per heavy atom. The maximum Gasteiger partial charge on any atom is 0.350 e. The molecule has 24 heteroatoms. The standard InChI is InChI=1S/C26H28ClN9O11S3/c1-25(2,21(42)43)47-35-14(10-7-48-24(29)31-10)18(40)32-15-19(41)36-8-26(22(44)45,50-20(15)36)49-6-5-30-17(39)13(33-34-23(28)46)9-3-4-11(37)16(38)12(9)27/h3-4,7,15,20,37-38H,5-6,8H2,1-2H3,(H2,29,31)(H,30,39)(H,32,40)(H,42,43)(H,44,45)(H3,28,34,46)/b33-13+,35-14-/t15?,20-,26-/m1/s1. The number of nitrogens with two attached hydrogens (primary N) is 2. The molecule has 2 aromatic rings. The minimum atomic E-state index is -1.83. The second-order valence-electron chi connectivity index (χ2n) is 10.7. The molecule has 1 unspecified atom stereocenters. The van der Waals surface area contributed by atoms with Crippen molar-refractivity contribution in [2.24, 2.45) is 16.0 Å². The number of amides is 5. The highest BCUT2D eigenvalue weighted by atomic mass is 35.5. The topological polar surface area (TPSA) is 322 Å². The van der Waals surface area contributed by atoms with Crippen molar-refractivity contribution in [2.75, 3.05) is 24.6 Å². The van der Waals surface area contributed by atoms with Gasteiger partial charge in [-0.05, 0) is 26.0 Å². The van der Waals surface area contributed by atoms with E-state index in [9.17, 15) is 49.2 Å². The summed E-state index contributed by atoms with van der Waals surface area (Å²) in [6.07, 6.45) is 0. The zero-order chi connectivity index (χ0) is 37.1. The number of phenols is 2. The summed E-state index contributed by atoms with van der Waals surface area (Å²) in [4.78, 5) is 84.8. The van der Waals surface area contributed by atoms with Crippen molar-refractivity contribution in [3.63, 3.8) is 0 Å². The molecule has 2 saturated heterocycles. The fraction of sp³-hybridized carbons (Fsp3) is 0.346. The number of hydrogen-bond donors (Lipinski definition) is 9. The third-order valence-corrected chi connectivity index (χ3v) is 11.2. The molecule has 268 valence electrons. The van der Waals surface area contributed by atoms with Crippen molar-refractivity contribution in [1.29, 1.82) is 0 Å². The van der Waals surface area contributed by atoms with Gasteiger partial charge in [0.25, 0.3) is 11.8 Å². The molecule has 3 atom stereocenters. The van der Waals surface area contributed by atoms with Crippen LogP contribution >= 0.6 is 46.5 Å². The fourth-order valence-corrected chi connectivity index (χ4v) is 8.06. The molecule has 5 amide bonds. The van der Waals surface area contributed by atoms with E-state index in [-0.39, 0.29) is 35.2 Å². The summed E-state index contributed by atoms with van der Waals surface area (Å²) in [7, 11) is 0. The predicted octanol–water partition coefficient (Wildman–Crippen LogP) is -0.523. The maximum absolute atomic E-state index is 13.3. The number of aliphatic carboxylic acids is 2. The lowest BCUT2D eigenvalue weighted by Gasteiger charge is -2.41. The van der Waals surface area contributed by atoms with Crippen molar-refractivity contribution in [3.8, 4) is 11.5 Å². The van der Waals surface area contributed by atoms with Gasteiger partial charge in [-0.25, -0.2) is 24.8 Å². The van der Waals surface area contributed by atoms with Crippen LogP contribution in [0.3, 0.4) is 0 Å². The molecule has 50 heavy (non-hydrogen) atoms. The molecule has 0 aliphatic carbocycles. The molecule has 0 saturated carbocycles. The summed E-state index contributed by atoms with van der Waals surface area (Å²) >= 11 is 8.80. The minimum absolute atomic E-state index is 0.0132. The average molecular weight is 774 g/mol. The van der Waals surface area contributed by atoms with Gasteiger partial charge in [-0.2, -0.15) is 5.10 Å². The number of nitrogens with one attached hydrogen (secondary N) is 3. The number of fused-ring (bicyclic) bond motifs is 1.